The van der Waals surface area contributed by atoms with Crippen LogP contribution in [-0.2, 0) is 101 Å². The van der Waals surface area contributed by atoms with E-state index < -0.39 is 333 Å². The fourth-order valence-electron chi connectivity index (χ4n) is 17.0. The Labute approximate surface area is 736 Å². The highest BCUT2D eigenvalue weighted by molar-refractivity contribution is 7.99. The first kappa shape index (κ1) is 104. The van der Waals surface area contributed by atoms with Crippen LogP contribution in [0.15, 0.2) is 11.0 Å². The Hall–Kier alpha value is -2.65. The largest absolute Gasteiger partial charge is 0.458 e. The molecule has 14 bridgehead atoms. The zero-order valence-electron chi connectivity index (χ0n) is 70.3. The molecule has 46 nitrogen and oxygen atoms in total. The van der Waals surface area contributed by atoms with E-state index in [0.717, 1.165) is 34.9 Å². The van der Waals surface area contributed by atoms with Gasteiger partial charge in [0, 0.05) is 41.5 Å². The number of cyclic esters (lactones) is 1. The number of thiazole rings is 1. The van der Waals surface area contributed by atoms with Crippen LogP contribution < -0.4 is 15.7 Å². The van der Waals surface area contributed by atoms with Gasteiger partial charge in [0.15, 0.2) is 44.0 Å². The normalized spacial score (nSPS) is 46.4. The lowest BCUT2D eigenvalue weighted by Crippen LogP contribution is -2.68. The van der Waals surface area contributed by atoms with Crippen LogP contribution in [0.2, 0.25) is 0 Å². The van der Waals surface area contributed by atoms with Crippen LogP contribution in [0.1, 0.15) is 84.3 Å². The molecule has 23 aliphatic heterocycles. The number of epoxide rings is 1. The number of carbonyl (C=O) groups excluding carboxylic acids is 3. The fraction of sp³-hybridized carbons (Fsp3) is 0.895. The van der Waals surface area contributed by atoms with E-state index in [2.05, 4.69) is 20.7 Å². The number of nitrogens with zero attached hydrogens (tertiary/aromatic N) is 1. The van der Waals surface area contributed by atoms with Crippen molar-refractivity contribution in [3.63, 3.8) is 0 Å². The van der Waals surface area contributed by atoms with Crippen molar-refractivity contribution in [3.05, 3.63) is 21.7 Å². The van der Waals surface area contributed by atoms with Gasteiger partial charge in [-0.3, -0.25) is 18.9 Å². The number of amides is 1. The molecule has 724 valence electrons. The van der Waals surface area contributed by atoms with E-state index in [1.54, 1.807) is 31.6 Å². The summed E-state index contributed by atoms with van der Waals surface area (Å²) in [6.07, 6.45) is -69.7. The molecule has 0 radical (unpaired) electrons. The Morgan fingerprint density at radius 3 is 1.31 bits per heavy atom. The lowest BCUT2D eigenvalue weighted by molar-refractivity contribution is -0.395. The Balaban J connectivity index is 0.773. The summed E-state index contributed by atoms with van der Waals surface area (Å²) in [6.45, 7) is 4.29. The van der Waals surface area contributed by atoms with Gasteiger partial charge >= 0.3 is 5.97 Å². The number of fused-ring (bicyclic) bond motifs is 1. The minimum absolute atomic E-state index is 0.0990. The van der Waals surface area contributed by atoms with Gasteiger partial charge in [0.1, 0.15) is 176 Å². The van der Waals surface area contributed by atoms with Crippen LogP contribution in [0.3, 0.4) is 0 Å². The zero-order chi connectivity index (χ0) is 92.2. The van der Waals surface area contributed by atoms with Gasteiger partial charge in [-0.25, -0.2) is 10.1 Å². The summed E-state index contributed by atoms with van der Waals surface area (Å²) in [5, 5.41) is 250. The van der Waals surface area contributed by atoms with Gasteiger partial charge in [0.05, 0.1) is 105 Å². The molecule has 1 aromatic heterocycles. The van der Waals surface area contributed by atoms with E-state index in [-0.39, 0.29) is 43.0 Å². The Bertz CT molecular complexity index is 3720. The summed E-state index contributed by atoms with van der Waals surface area (Å²) in [5.41, 5.74) is -0.961. The second-order valence-electron chi connectivity index (χ2n) is 34.3. The molecule has 1 aromatic rings. The predicted molar refractivity (Wildman–Crippen MR) is 428 cm³/mol. The van der Waals surface area contributed by atoms with Crippen LogP contribution >= 0.6 is 42.4 Å². The summed E-state index contributed by atoms with van der Waals surface area (Å²) in [5.74, 6) is -3.61. The number of nitrogens with one attached hydrogen (secondary N) is 3. The van der Waals surface area contributed by atoms with E-state index in [0.29, 0.717) is 35.5 Å². The van der Waals surface area contributed by atoms with Gasteiger partial charge in [-0.15, -0.1) is 11.3 Å². The van der Waals surface area contributed by atoms with E-state index in [9.17, 15) is 131 Å². The van der Waals surface area contributed by atoms with Gasteiger partial charge in [0.25, 0.3) is 7.52 Å². The van der Waals surface area contributed by atoms with Crippen LogP contribution in [-0.4, -0.2) is 462 Å². The molecular weight excluding hydrogens is 1770 g/mol. The highest BCUT2D eigenvalue weighted by Crippen LogP contribution is 2.47. The second kappa shape index (κ2) is 44.9. The number of ketones is 1. The highest BCUT2D eigenvalue weighted by Gasteiger charge is 2.61. The third kappa shape index (κ3) is 23.7. The lowest BCUT2D eigenvalue weighted by atomic mass is 9.73. The van der Waals surface area contributed by atoms with Crippen molar-refractivity contribution in [2.45, 2.75) is 331 Å². The molecule has 25 N–H and O–H groups in total. The molecule has 23 aliphatic rings. The maximum absolute atomic E-state index is 13.9. The monoisotopic (exact) mass is 1890 g/mol. The van der Waals surface area contributed by atoms with Crippen LogP contribution in [0.4, 0.5) is 0 Å². The first-order valence-electron chi connectivity index (χ1n) is 41.8. The first-order chi connectivity index (χ1) is 59.6. The molecule has 126 heavy (non-hydrogen) atoms. The third-order valence-corrected chi connectivity index (χ3v) is 29.2. The molecule has 0 aromatic carbocycles. The maximum atomic E-state index is 13.9. The van der Waals surface area contributed by atoms with Crippen LogP contribution in [0.5, 0.6) is 0 Å². The number of ether oxygens (including phenoxy) is 16. The number of esters is 1. The average molecular weight is 1890 g/mol. The quantitative estimate of drug-likeness (QED) is 0.0309. The summed E-state index contributed by atoms with van der Waals surface area (Å²) < 4.78 is 109. The molecule has 1 amide bonds. The molecule has 0 saturated carbocycles. The van der Waals surface area contributed by atoms with Gasteiger partial charge in [0.2, 0.25) is 5.91 Å². The van der Waals surface area contributed by atoms with Gasteiger partial charge in [-0.2, -0.15) is 23.5 Å². The molecule has 24 heterocycles. The maximum Gasteiger partial charge on any atom is 0.309 e. The highest BCUT2D eigenvalue weighted by atomic mass is 32.2. The van der Waals surface area contributed by atoms with Crippen LogP contribution in [0.25, 0.3) is 6.08 Å². The molecular formula is C76H125N4O42PS3. The average Bonchev–Trinajstić information content (AvgIpc) is 1.45. The fourth-order valence-corrected chi connectivity index (χ4v) is 20.5. The number of aliphatic hydroxyl groups excluding tert-OH is 21. The zero-order valence-corrected chi connectivity index (χ0v) is 73.7. The van der Waals surface area contributed by atoms with Crippen molar-refractivity contribution in [2.75, 3.05) is 76.3 Å². The van der Waals surface area contributed by atoms with Crippen molar-refractivity contribution in [1.29, 1.82) is 0 Å². The second-order valence-corrected chi connectivity index (χ2v) is 39.4. The SMILES string of the molecule is CN[C@H](CSCC1O[C@@H]2O[C@H]3C(CO)O[C@@H](O[C@H]4C(CO)O[C@@H](O[C@H]5C(CO)O[C@@H](O[C@H]6C(CSC)O[C@@H](O[C@H]7C(CO)O[C@H](O[C@H]8C(CO)O[C@H](O[C@@H]1[C@H](O)C2O)C(O)[C@H]8O)C(O)[C@H]7O)C(O)[C@H]6O)C(O)[C@H]5O)C(O)[C@H]4O)C(O)[C@H]3O)C(=O)NCCP(=O)(O)NCc1nc(/C=C(\C)C2CC3O[C@]3(C)CCC[C@H](C)[C@H](O)[C@@H](C)C(=O)C(C)(C)[C@@H](O)CC(=O)O2)cs1. The number of hydrogen-bond acceptors (Lipinski definition) is 46. The van der Waals surface area contributed by atoms with Crippen LogP contribution in [0, 0.1) is 17.3 Å². The number of carbonyl (C=O) groups is 3. The van der Waals surface area contributed by atoms with E-state index in [1.807, 2.05) is 13.8 Å². The molecule has 23 saturated heterocycles. The van der Waals surface area contributed by atoms with Gasteiger partial charge in [-0.1, -0.05) is 34.1 Å². The molecule has 50 heteroatoms. The first-order valence-corrected chi connectivity index (χ1v) is 47.1. The number of thioether (sulfide) groups is 2. The lowest BCUT2D eigenvalue weighted by Gasteiger charge is -2.50. The standard InChI is InChI=1S/C76H125N4O42PS3/c1-27-10-9-11-76(6)41(122-76)15-32(107-43(87)16-40(86)75(4,5)66(103)29(3)44(27)88)28(2)14-30-23-126-42(80-30)17-79-123(105,106)13-12-78-67(104)31(77-7)24-125-26-39-65-51(95)58(102)74(114-39)119-63-37(22-85)110-70(54(98)47(63)91)115-59-33(18-81)108-68(52(96)45(59)89)116-60-34(19-82)111-71(55(99)48(60)92)120-64-38(25-124-8)113-73(57(101)50(64)94)118-62-36(21-84)109-69(53(97)46(62)90)117-61-35(20-83)112-72(121-65)56(100)49(61)93/h14,23,27,29,31-41,44-65,68-74,77,81-86,88-102H,9-13,15-22,24-26H2,1-8H3,(H,78,104)(H2,79,105,106)/b28-14+/t27-,29+,31+,32?,33?,34?,35?,36?,37?,38?,39?,40-,41?,44-,45+,46+,47+,48+,49+,50+,51+,52?,53?,54?,55?,56?,57?,58?,59-,60-,61-,62-,63-,64-,65-,68-,69+,70-,71-,72+,73-,74+,76+/m0/s1. The molecule has 44 atom stereocenters. The number of hydrogen-bond donors (Lipinski definition) is 25. The van der Waals surface area contributed by atoms with Crippen molar-refractivity contribution in [1.82, 2.24) is 20.7 Å². The van der Waals surface area contributed by atoms with Crippen molar-refractivity contribution in [3.8, 4) is 0 Å². The minimum Gasteiger partial charge on any atom is -0.458 e. The Morgan fingerprint density at radius 2 is 0.937 bits per heavy atom. The Kier molecular flexibility index (Phi) is 37.0. The van der Waals surface area contributed by atoms with E-state index in [4.69, 9.17) is 75.8 Å². The number of rotatable bonds is 21. The number of aromatic nitrogens is 1. The summed E-state index contributed by atoms with van der Waals surface area (Å²) in [4.78, 5) is 56.8. The molecule has 0 aliphatic carbocycles. The van der Waals surface area contributed by atoms with Gasteiger partial charge in [-0.05, 0) is 57.6 Å². The molecule has 17 unspecified atom stereocenters. The van der Waals surface area contributed by atoms with Crippen molar-refractivity contribution in [2.24, 2.45) is 17.3 Å². The number of aliphatic hydroxyl groups is 21. The van der Waals surface area contributed by atoms with Crippen molar-refractivity contribution >= 4 is 66.1 Å². The van der Waals surface area contributed by atoms with E-state index >= 15 is 0 Å². The smallest absolute Gasteiger partial charge is 0.309 e. The third-order valence-electron chi connectivity index (χ3n) is 25.0. The summed E-state index contributed by atoms with van der Waals surface area (Å²) in [6, 6.07) is -1.13. The Morgan fingerprint density at radius 1 is 0.563 bits per heavy atom. The number of Topliss-reactive ketones (excluding diaryl/α,β-unsaturated/α-hetero) is 1. The van der Waals surface area contributed by atoms with E-state index in [1.165, 1.54) is 20.9 Å². The van der Waals surface area contributed by atoms with Gasteiger partial charge < -0.3 is 199 Å². The minimum atomic E-state index is -4.24. The number of likely N-dealkylation sites (N-methyl/N-ethyl adjacent to an activating group) is 1. The summed E-state index contributed by atoms with van der Waals surface area (Å²) >= 11 is 3.17. The predicted octanol–water partition coefficient (Wildman–Crippen LogP) is -9.96. The molecule has 0 spiro atoms. The van der Waals surface area contributed by atoms with Crippen molar-refractivity contribution < 1.29 is 207 Å². The molecule has 24 rings (SSSR count). The topological polar surface area (TPSA) is 713 Å². The summed E-state index contributed by atoms with van der Waals surface area (Å²) in [7, 11) is -2.83. The molecule has 23 fully saturated rings.